The zero-order valence-corrected chi connectivity index (χ0v) is 14.4. The predicted molar refractivity (Wildman–Crippen MR) is 101 cm³/mol. The SMILES string of the molecule is O=C1CC(c2nc(-c3cccnc3)no2)CN1c1cccc2ccccc12. The van der Waals surface area contributed by atoms with E-state index < -0.39 is 0 Å². The zero-order chi connectivity index (χ0) is 18.2. The molecule has 1 unspecified atom stereocenters. The number of hydrogen-bond acceptors (Lipinski definition) is 5. The molecule has 5 rings (SSSR count). The van der Waals surface area contributed by atoms with Crippen LogP contribution in [0.1, 0.15) is 18.2 Å². The lowest BCUT2D eigenvalue weighted by molar-refractivity contribution is -0.117. The van der Waals surface area contributed by atoms with Gasteiger partial charge in [-0.05, 0) is 23.6 Å². The van der Waals surface area contributed by atoms with Crippen molar-refractivity contribution < 1.29 is 9.32 Å². The average molecular weight is 356 g/mol. The molecule has 2 aromatic heterocycles. The van der Waals surface area contributed by atoms with E-state index in [4.69, 9.17) is 4.52 Å². The predicted octanol–water partition coefficient (Wildman–Crippen LogP) is 3.81. The second-order valence-electron chi connectivity index (χ2n) is 6.60. The Balaban J connectivity index is 1.45. The van der Waals surface area contributed by atoms with Crippen molar-refractivity contribution in [2.75, 3.05) is 11.4 Å². The molecule has 1 aliphatic heterocycles. The molecule has 3 heterocycles. The number of carbonyl (C=O) groups excluding carboxylic acids is 1. The van der Waals surface area contributed by atoms with Crippen molar-refractivity contribution in [3.63, 3.8) is 0 Å². The van der Waals surface area contributed by atoms with Crippen molar-refractivity contribution >= 4 is 22.4 Å². The lowest BCUT2D eigenvalue weighted by Crippen LogP contribution is -2.24. The van der Waals surface area contributed by atoms with E-state index in [1.165, 1.54) is 0 Å². The van der Waals surface area contributed by atoms with Gasteiger partial charge in [-0.25, -0.2) is 0 Å². The number of amides is 1. The number of carbonyl (C=O) groups is 1. The summed E-state index contributed by atoms with van der Waals surface area (Å²) in [6.45, 7) is 0.529. The van der Waals surface area contributed by atoms with E-state index in [2.05, 4.69) is 27.3 Å². The zero-order valence-electron chi connectivity index (χ0n) is 14.4. The Hall–Kier alpha value is -3.54. The molecule has 132 valence electrons. The van der Waals surface area contributed by atoms with Crippen LogP contribution in [-0.4, -0.2) is 27.6 Å². The topological polar surface area (TPSA) is 72.1 Å². The summed E-state index contributed by atoms with van der Waals surface area (Å²) in [7, 11) is 0. The van der Waals surface area contributed by atoms with Gasteiger partial charge in [0.05, 0.1) is 11.6 Å². The maximum atomic E-state index is 12.7. The van der Waals surface area contributed by atoms with Gasteiger partial charge in [0.2, 0.25) is 17.6 Å². The molecule has 0 aliphatic carbocycles. The van der Waals surface area contributed by atoms with E-state index in [9.17, 15) is 4.79 Å². The van der Waals surface area contributed by atoms with Gasteiger partial charge in [-0.2, -0.15) is 4.98 Å². The van der Waals surface area contributed by atoms with Crippen molar-refractivity contribution in [3.8, 4) is 11.4 Å². The van der Waals surface area contributed by atoms with E-state index in [0.717, 1.165) is 22.0 Å². The Morgan fingerprint density at radius 2 is 1.93 bits per heavy atom. The minimum Gasteiger partial charge on any atom is -0.339 e. The number of hydrogen-bond donors (Lipinski definition) is 0. The van der Waals surface area contributed by atoms with Gasteiger partial charge in [-0.1, -0.05) is 41.6 Å². The molecule has 27 heavy (non-hydrogen) atoms. The minimum absolute atomic E-state index is 0.0671. The summed E-state index contributed by atoms with van der Waals surface area (Å²) in [5, 5.41) is 6.23. The first-order valence-electron chi connectivity index (χ1n) is 8.82. The highest BCUT2D eigenvalue weighted by molar-refractivity contribution is 6.05. The minimum atomic E-state index is -0.116. The van der Waals surface area contributed by atoms with Gasteiger partial charge in [0.25, 0.3) is 0 Å². The first kappa shape index (κ1) is 15.7. The van der Waals surface area contributed by atoms with E-state index in [-0.39, 0.29) is 11.8 Å². The number of aromatic nitrogens is 3. The molecule has 6 heteroatoms. The summed E-state index contributed by atoms with van der Waals surface area (Å²) in [4.78, 5) is 23.1. The van der Waals surface area contributed by atoms with Crippen molar-refractivity contribution in [3.05, 3.63) is 72.9 Å². The van der Waals surface area contributed by atoms with Crippen LogP contribution in [0.15, 0.2) is 71.5 Å². The molecule has 0 saturated carbocycles. The highest BCUT2D eigenvalue weighted by Crippen LogP contribution is 2.35. The van der Waals surface area contributed by atoms with Crippen LogP contribution >= 0.6 is 0 Å². The van der Waals surface area contributed by atoms with Gasteiger partial charge in [-0.15, -0.1) is 0 Å². The van der Waals surface area contributed by atoms with Gasteiger partial charge in [0.15, 0.2) is 0 Å². The number of rotatable bonds is 3. The van der Waals surface area contributed by atoms with Crippen LogP contribution in [0.2, 0.25) is 0 Å². The largest absolute Gasteiger partial charge is 0.339 e. The van der Waals surface area contributed by atoms with Crippen LogP contribution in [0.25, 0.3) is 22.2 Å². The van der Waals surface area contributed by atoms with E-state index >= 15 is 0 Å². The molecule has 0 radical (unpaired) electrons. The van der Waals surface area contributed by atoms with Gasteiger partial charge in [0, 0.05) is 36.3 Å². The second kappa shape index (κ2) is 6.32. The first-order chi connectivity index (χ1) is 13.3. The molecule has 0 N–H and O–H groups in total. The fourth-order valence-electron chi connectivity index (χ4n) is 3.56. The normalized spacial score (nSPS) is 17.0. The summed E-state index contributed by atoms with van der Waals surface area (Å²) in [6, 6.07) is 17.8. The molecular weight excluding hydrogens is 340 g/mol. The molecule has 1 atom stereocenters. The molecule has 0 spiro atoms. The molecule has 1 aliphatic rings. The number of fused-ring (bicyclic) bond motifs is 1. The third-order valence-corrected chi connectivity index (χ3v) is 4.89. The maximum absolute atomic E-state index is 12.7. The van der Waals surface area contributed by atoms with Gasteiger partial charge >= 0.3 is 0 Å². The number of pyridine rings is 1. The maximum Gasteiger partial charge on any atom is 0.232 e. The Morgan fingerprint density at radius 1 is 1.04 bits per heavy atom. The molecule has 1 fully saturated rings. The van der Waals surface area contributed by atoms with Crippen molar-refractivity contribution in [1.29, 1.82) is 0 Å². The van der Waals surface area contributed by atoms with Crippen molar-refractivity contribution in [1.82, 2.24) is 15.1 Å². The molecule has 6 nitrogen and oxygen atoms in total. The van der Waals surface area contributed by atoms with Crippen LogP contribution in [0, 0.1) is 0 Å². The fourth-order valence-corrected chi connectivity index (χ4v) is 3.56. The summed E-state index contributed by atoms with van der Waals surface area (Å²) >= 11 is 0. The highest BCUT2D eigenvalue weighted by Gasteiger charge is 2.35. The van der Waals surface area contributed by atoms with E-state index in [1.807, 2.05) is 47.4 Å². The van der Waals surface area contributed by atoms with Gasteiger partial charge in [0.1, 0.15) is 0 Å². The fraction of sp³-hybridized carbons (Fsp3) is 0.143. The van der Waals surface area contributed by atoms with Crippen molar-refractivity contribution in [2.45, 2.75) is 12.3 Å². The smallest absolute Gasteiger partial charge is 0.232 e. The summed E-state index contributed by atoms with van der Waals surface area (Å²) in [6.07, 6.45) is 3.75. The number of anilines is 1. The summed E-state index contributed by atoms with van der Waals surface area (Å²) in [5.41, 5.74) is 1.72. The number of nitrogens with zero attached hydrogens (tertiary/aromatic N) is 4. The van der Waals surface area contributed by atoms with Crippen LogP contribution in [0.5, 0.6) is 0 Å². The Labute approximate surface area is 155 Å². The third kappa shape index (κ3) is 2.75. The Bertz CT molecular complexity index is 1120. The molecule has 1 amide bonds. The van der Waals surface area contributed by atoms with E-state index in [0.29, 0.717) is 24.7 Å². The Kier molecular flexibility index (Phi) is 3.67. The molecule has 1 saturated heterocycles. The summed E-state index contributed by atoms with van der Waals surface area (Å²) < 4.78 is 5.46. The van der Waals surface area contributed by atoms with Gasteiger partial charge in [-0.3, -0.25) is 9.78 Å². The third-order valence-electron chi connectivity index (χ3n) is 4.89. The lowest BCUT2D eigenvalue weighted by atomic mass is 10.1. The van der Waals surface area contributed by atoms with E-state index in [1.54, 1.807) is 12.4 Å². The molecule has 2 aromatic carbocycles. The average Bonchev–Trinajstić information content (AvgIpc) is 3.35. The Morgan fingerprint density at radius 3 is 2.81 bits per heavy atom. The van der Waals surface area contributed by atoms with Crippen LogP contribution in [0.3, 0.4) is 0 Å². The molecule has 4 aromatic rings. The quantitative estimate of drug-likeness (QED) is 0.558. The monoisotopic (exact) mass is 356 g/mol. The molecular formula is C21H16N4O2. The lowest BCUT2D eigenvalue weighted by Gasteiger charge is -2.18. The standard InChI is InChI=1S/C21H16N4O2/c26-19-11-16(21-23-20(24-27-21)15-7-4-10-22-12-15)13-25(19)18-9-3-6-14-5-1-2-8-17(14)18/h1-10,12,16H,11,13H2. The summed E-state index contributed by atoms with van der Waals surface area (Å²) in [5.74, 6) is 0.936. The molecule has 0 bridgehead atoms. The second-order valence-corrected chi connectivity index (χ2v) is 6.60. The van der Waals surface area contributed by atoms with Crippen LogP contribution < -0.4 is 4.90 Å². The van der Waals surface area contributed by atoms with Crippen molar-refractivity contribution in [2.24, 2.45) is 0 Å². The van der Waals surface area contributed by atoms with Crippen LogP contribution in [-0.2, 0) is 4.79 Å². The first-order valence-corrected chi connectivity index (χ1v) is 8.82. The van der Waals surface area contributed by atoms with Crippen LogP contribution in [0.4, 0.5) is 5.69 Å². The highest BCUT2D eigenvalue weighted by atomic mass is 16.5. The van der Waals surface area contributed by atoms with Gasteiger partial charge < -0.3 is 9.42 Å². The number of benzene rings is 2.